The Morgan fingerprint density at radius 3 is 2.41 bits per heavy atom. The molecule has 2 aliphatic heterocycles. The number of carbonyl (C=O) groups excluding carboxylic acids is 1. The molecule has 0 atom stereocenters. The van der Waals surface area contributed by atoms with E-state index < -0.39 is 5.60 Å². The van der Waals surface area contributed by atoms with Gasteiger partial charge < -0.3 is 24.2 Å². The van der Waals surface area contributed by atoms with Gasteiger partial charge in [0.05, 0.1) is 12.2 Å². The molecular weight excluding hydrogens is 558 g/mol. The molecule has 0 bridgehead atoms. The fourth-order valence-corrected chi connectivity index (χ4v) is 5.99. The maximum Gasteiger partial charge on any atom is 0.410 e. The fourth-order valence-electron chi connectivity index (χ4n) is 5.99. The highest BCUT2D eigenvalue weighted by atomic mass is 16.6. The zero-order valence-corrected chi connectivity index (χ0v) is 25.5. The molecule has 9 nitrogen and oxygen atoms in total. The summed E-state index contributed by atoms with van der Waals surface area (Å²) in [5, 5.41) is 11.2. The summed E-state index contributed by atoms with van der Waals surface area (Å²) < 4.78 is 19.0. The Kier molecular flexibility index (Phi) is 8.23. The molecule has 230 valence electrons. The molecule has 44 heavy (non-hydrogen) atoms. The van der Waals surface area contributed by atoms with Crippen molar-refractivity contribution in [1.29, 1.82) is 0 Å². The Hall–Kier alpha value is -4.50. The first-order valence-electron chi connectivity index (χ1n) is 15.2. The van der Waals surface area contributed by atoms with Gasteiger partial charge in [-0.05, 0) is 74.6 Å². The summed E-state index contributed by atoms with van der Waals surface area (Å²) in [6, 6.07) is 22.4. The molecule has 2 aliphatic rings. The molecule has 0 unspecified atom stereocenters. The number of pyridine rings is 1. The first-order chi connectivity index (χ1) is 21.1. The van der Waals surface area contributed by atoms with Crippen molar-refractivity contribution in [2.24, 2.45) is 0 Å². The van der Waals surface area contributed by atoms with Crippen molar-refractivity contribution in [3.63, 3.8) is 0 Å². The normalized spacial score (nSPS) is 15.7. The molecule has 1 N–H and O–H groups in total. The molecule has 3 aromatic carbocycles. The second-order valence-electron chi connectivity index (χ2n) is 12.5. The average molecular weight is 598 g/mol. The van der Waals surface area contributed by atoms with Gasteiger partial charge in [-0.15, -0.1) is 0 Å². The highest BCUT2D eigenvalue weighted by Gasteiger charge is 2.32. The van der Waals surface area contributed by atoms with Gasteiger partial charge in [0.25, 0.3) is 5.56 Å². The number of phenolic OH excluding ortho intramolecular Hbond substituents is 1. The van der Waals surface area contributed by atoms with E-state index in [4.69, 9.17) is 14.2 Å². The van der Waals surface area contributed by atoms with Crippen molar-refractivity contribution in [1.82, 2.24) is 14.4 Å². The summed E-state index contributed by atoms with van der Waals surface area (Å²) in [5.74, 6) is 1.52. The second-order valence-corrected chi connectivity index (χ2v) is 12.5. The van der Waals surface area contributed by atoms with Crippen LogP contribution in [0.2, 0.25) is 0 Å². The van der Waals surface area contributed by atoms with Crippen molar-refractivity contribution in [2.75, 3.05) is 26.3 Å². The third kappa shape index (κ3) is 6.53. The summed E-state index contributed by atoms with van der Waals surface area (Å²) in [5.41, 5.74) is 2.67. The Morgan fingerprint density at radius 1 is 0.955 bits per heavy atom. The minimum Gasteiger partial charge on any atom is -0.508 e. The highest BCUT2D eigenvalue weighted by molar-refractivity contribution is 5.95. The number of aromatic hydroxyl groups is 1. The van der Waals surface area contributed by atoms with Crippen molar-refractivity contribution >= 4 is 17.0 Å². The largest absolute Gasteiger partial charge is 0.508 e. The Labute approximate surface area is 257 Å². The number of benzene rings is 3. The third-order valence-electron chi connectivity index (χ3n) is 8.11. The number of ether oxygens (including phenoxy) is 3. The van der Waals surface area contributed by atoms with Gasteiger partial charge in [-0.2, -0.15) is 0 Å². The number of amides is 1. The van der Waals surface area contributed by atoms with E-state index in [-0.39, 0.29) is 23.4 Å². The van der Waals surface area contributed by atoms with Gasteiger partial charge in [-0.25, -0.2) is 4.79 Å². The minimum absolute atomic E-state index is 0.0349. The van der Waals surface area contributed by atoms with Crippen LogP contribution in [0.4, 0.5) is 4.79 Å². The summed E-state index contributed by atoms with van der Waals surface area (Å²) in [6.45, 7) is 8.80. The van der Waals surface area contributed by atoms with E-state index >= 15 is 0 Å². The molecule has 0 radical (unpaired) electrons. The van der Waals surface area contributed by atoms with E-state index in [1.165, 1.54) is 0 Å². The van der Waals surface area contributed by atoms with Crippen LogP contribution in [0, 0.1) is 0 Å². The molecule has 0 spiro atoms. The number of carbonyl (C=O) groups is 1. The minimum atomic E-state index is -0.622. The number of piperidine rings is 1. The molecule has 1 aromatic heterocycles. The predicted octanol–water partition coefficient (Wildman–Crippen LogP) is 6.00. The summed E-state index contributed by atoms with van der Waals surface area (Å²) in [4.78, 5) is 31.0. The van der Waals surface area contributed by atoms with Gasteiger partial charge in [0.1, 0.15) is 24.6 Å². The zero-order valence-electron chi connectivity index (χ0n) is 25.5. The van der Waals surface area contributed by atoms with Gasteiger partial charge in [0, 0.05) is 43.2 Å². The smallest absolute Gasteiger partial charge is 0.410 e. The molecule has 1 amide bonds. The van der Waals surface area contributed by atoms with Crippen molar-refractivity contribution in [3.8, 4) is 28.4 Å². The van der Waals surface area contributed by atoms with E-state index in [2.05, 4.69) is 4.90 Å². The molecule has 0 saturated carbocycles. The maximum absolute atomic E-state index is 13.5. The van der Waals surface area contributed by atoms with Crippen LogP contribution in [0.5, 0.6) is 17.2 Å². The van der Waals surface area contributed by atoms with Crippen molar-refractivity contribution < 1.29 is 24.1 Å². The van der Waals surface area contributed by atoms with Crippen LogP contribution in [-0.2, 0) is 18.0 Å². The lowest BCUT2D eigenvalue weighted by Gasteiger charge is -2.39. The van der Waals surface area contributed by atoms with Gasteiger partial charge >= 0.3 is 6.09 Å². The van der Waals surface area contributed by atoms with Crippen LogP contribution >= 0.6 is 0 Å². The molecule has 3 heterocycles. The van der Waals surface area contributed by atoms with E-state index in [0.29, 0.717) is 56.5 Å². The number of fused-ring (bicyclic) bond motifs is 2. The Morgan fingerprint density at radius 2 is 1.68 bits per heavy atom. The van der Waals surface area contributed by atoms with E-state index in [1.54, 1.807) is 22.8 Å². The van der Waals surface area contributed by atoms with Crippen LogP contribution in [0.25, 0.3) is 22.0 Å². The molecule has 6 rings (SSSR count). The maximum atomic E-state index is 13.5. The monoisotopic (exact) mass is 597 g/mol. The molecular formula is C35H39N3O6. The molecule has 4 aromatic rings. The fraction of sp³-hybridized carbons (Fsp3) is 0.371. The predicted molar refractivity (Wildman–Crippen MR) is 169 cm³/mol. The lowest BCUT2D eigenvalue weighted by molar-refractivity contribution is 0.00419. The number of nitrogens with zero attached hydrogens (tertiary/aromatic N) is 3. The van der Waals surface area contributed by atoms with Crippen LogP contribution in [0.3, 0.4) is 0 Å². The van der Waals surface area contributed by atoms with Crippen molar-refractivity contribution in [2.45, 2.75) is 58.5 Å². The molecule has 0 aliphatic carbocycles. The average Bonchev–Trinajstić information content (AvgIpc) is 3.01. The van der Waals surface area contributed by atoms with E-state index in [1.807, 2.05) is 80.3 Å². The first kappa shape index (κ1) is 29.6. The second kappa shape index (κ2) is 12.2. The number of aromatic nitrogens is 1. The summed E-state index contributed by atoms with van der Waals surface area (Å²) in [7, 11) is 0. The Bertz CT molecular complexity index is 1700. The lowest BCUT2D eigenvalue weighted by Crippen LogP contribution is -2.49. The van der Waals surface area contributed by atoms with Crippen LogP contribution < -0.4 is 15.0 Å². The number of hydrogen-bond donors (Lipinski definition) is 1. The standard InChI is InChI=1S/C35H39N3O6/c1-35(2,3)44-34(41)37(22-24-9-12-31-32(19-24)43-18-17-42-31)26-13-15-36(16-14-26)23-38-30-20-27(39)10-11-28(30)29(21-33(38)40)25-7-5-4-6-8-25/h4-12,19-21,26,39H,13-18,22-23H2,1-3H3. The number of phenols is 1. The highest BCUT2D eigenvalue weighted by Crippen LogP contribution is 2.33. The van der Waals surface area contributed by atoms with E-state index in [9.17, 15) is 14.7 Å². The molecule has 1 fully saturated rings. The zero-order chi connectivity index (χ0) is 30.8. The summed E-state index contributed by atoms with van der Waals surface area (Å²) in [6.07, 6.45) is 1.10. The van der Waals surface area contributed by atoms with Gasteiger partial charge in [-0.1, -0.05) is 36.4 Å². The van der Waals surface area contributed by atoms with Gasteiger partial charge in [-0.3, -0.25) is 14.3 Å². The first-order valence-corrected chi connectivity index (χ1v) is 15.2. The summed E-state index contributed by atoms with van der Waals surface area (Å²) >= 11 is 0. The topological polar surface area (TPSA) is 93.5 Å². The quantitative estimate of drug-likeness (QED) is 0.291. The van der Waals surface area contributed by atoms with Crippen LogP contribution in [0.15, 0.2) is 77.6 Å². The number of likely N-dealkylation sites (tertiary alicyclic amines) is 1. The van der Waals surface area contributed by atoms with E-state index in [0.717, 1.165) is 34.9 Å². The SMILES string of the molecule is CC(C)(C)OC(=O)N(Cc1ccc2c(c1)OCCO2)C1CCN(Cn2c(=O)cc(-c3ccccc3)c3ccc(O)cc32)CC1. The van der Waals surface area contributed by atoms with Crippen molar-refractivity contribution in [3.05, 3.63) is 88.7 Å². The number of hydrogen-bond acceptors (Lipinski definition) is 7. The lowest BCUT2D eigenvalue weighted by atomic mass is 10.0. The van der Waals surface area contributed by atoms with Crippen LogP contribution in [-0.4, -0.2) is 63.5 Å². The van der Waals surface area contributed by atoms with Gasteiger partial charge in [0.2, 0.25) is 0 Å². The molecule has 9 heteroatoms. The third-order valence-corrected chi connectivity index (χ3v) is 8.11. The number of rotatable bonds is 6. The van der Waals surface area contributed by atoms with Crippen LogP contribution in [0.1, 0.15) is 39.2 Å². The van der Waals surface area contributed by atoms with Gasteiger partial charge in [0.15, 0.2) is 11.5 Å². The molecule has 1 saturated heterocycles. The Balaban J connectivity index is 1.21.